The molecular formula is C13H28OSi. The Balaban J connectivity index is 3.57. The molecule has 0 aromatic heterocycles. The van der Waals surface area contributed by atoms with Crippen molar-refractivity contribution in [1.82, 2.24) is 0 Å². The van der Waals surface area contributed by atoms with Crippen molar-refractivity contribution in [1.29, 1.82) is 0 Å². The van der Waals surface area contributed by atoms with Gasteiger partial charge in [0.25, 0.3) is 0 Å². The van der Waals surface area contributed by atoms with Gasteiger partial charge < -0.3 is 0 Å². The van der Waals surface area contributed by atoms with Gasteiger partial charge in [0.2, 0.25) is 0 Å². The van der Waals surface area contributed by atoms with Crippen LogP contribution in [0.5, 0.6) is 0 Å². The Morgan fingerprint density at radius 3 is 2.07 bits per heavy atom. The molecule has 0 radical (unpaired) electrons. The van der Waals surface area contributed by atoms with Gasteiger partial charge in [0.05, 0.1) is 0 Å². The van der Waals surface area contributed by atoms with E-state index >= 15 is 0 Å². The Kier molecular flexibility index (Phi) is 8.03. The predicted octanol–water partition coefficient (Wildman–Crippen LogP) is 4.64. The van der Waals surface area contributed by atoms with Crippen LogP contribution in [0.15, 0.2) is 0 Å². The van der Waals surface area contributed by atoms with Crippen molar-refractivity contribution in [3.8, 4) is 0 Å². The smallest absolute Gasteiger partial charge is 0.132 e. The van der Waals surface area contributed by atoms with Gasteiger partial charge in [-0.25, -0.2) is 0 Å². The second kappa shape index (κ2) is 8.09. The van der Waals surface area contributed by atoms with Crippen molar-refractivity contribution in [2.24, 2.45) is 0 Å². The largest absolute Gasteiger partial charge is 0.300 e. The maximum atomic E-state index is 11.3. The van der Waals surface area contributed by atoms with Gasteiger partial charge in [-0.05, 0) is 12.8 Å². The molecule has 15 heavy (non-hydrogen) atoms. The Bertz CT molecular complexity index is 173. The van der Waals surface area contributed by atoms with Gasteiger partial charge in [0, 0.05) is 20.9 Å². The summed E-state index contributed by atoms with van der Waals surface area (Å²) in [7, 11) is -0.899. The van der Waals surface area contributed by atoms with Crippen LogP contribution < -0.4 is 0 Å². The second-order valence-corrected chi connectivity index (χ2v) is 10.5. The Labute approximate surface area is 96.7 Å². The van der Waals surface area contributed by atoms with Crippen molar-refractivity contribution in [2.45, 2.75) is 77.6 Å². The number of carbonyl (C=O) groups is 1. The van der Waals surface area contributed by atoms with Gasteiger partial charge in [0.15, 0.2) is 0 Å². The Morgan fingerprint density at radius 1 is 1.00 bits per heavy atom. The van der Waals surface area contributed by atoms with Gasteiger partial charge in [-0.3, -0.25) is 4.79 Å². The Morgan fingerprint density at radius 2 is 1.60 bits per heavy atom. The minimum atomic E-state index is -0.899. The molecule has 90 valence electrons. The molecule has 0 aromatic carbocycles. The fourth-order valence-electron chi connectivity index (χ4n) is 1.88. The fraction of sp³-hybridized carbons (Fsp3) is 0.923. The molecule has 0 saturated heterocycles. The van der Waals surface area contributed by atoms with Gasteiger partial charge in [-0.2, -0.15) is 0 Å². The first-order valence-electron chi connectivity index (χ1n) is 6.59. The number of hydrogen-bond donors (Lipinski definition) is 0. The molecule has 0 bridgehead atoms. The third-order valence-electron chi connectivity index (χ3n) is 3.72. The first-order chi connectivity index (χ1) is 7.08. The number of ketones is 1. The monoisotopic (exact) mass is 228 g/mol. The summed E-state index contributed by atoms with van der Waals surface area (Å²) in [6, 6.07) is 4.21. The number of Topliss-reactive ketones (excluding diaryl/α,β-unsaturated/α-hetero) is 1. The van der Waals surface area contributed by atoms with Gasteiger partial charge in [0.1, 0.15) is 5.78 Å². The van der Waals surface area contributed by atoms with Crippen LogP contribution in [-0.2, 0) is 4.79 Å². The SMILES string of the molecule is CCCC(=O)CCCC[Si](C)(CC)CC. The molecule has 0 spiro atoms. The standard InChI is InChI=1S/C13H28OSi/c1-5-10-13(14)11-8-9-12-15(4,6-2)7-3/h5-12H2,1-4H3. The molecule has 0 aromatic rings. The summed E-state index contributed by atoms with van der Waals surface area (Å²) in [5.41, 5.74) is 0. The second-order valence-electron chi connectivity index (χ2n) is 5.01. The molecule has 0 aliphatic carbocycles. The summed E-state index contributed by atoms with van der Waals surface area (Å²) < 4.78 is 0. The lowest BCUT2D eigenvalue weighted by molar-refractivity contribution is -0.119. The molecule has 0 atom stereocenters. The first-order valence-corrected chi connectivity index (χ1v) is 9.71. The highest BCUT2D eigenvalue weighted by atomic mass is 28.3. The van der Waals surface area contributed by atoms with E-state index in [1.165, 1.54) is 24.6 Å². The van der Waals surface area contributed by atoms with Crippen LogP contribution in [0.4, 0.5) is 0 Å². The topological polar surface area (TPSA) is 17.1 Å². The molecule has 0 unspecified atom stereocenters. The quantitative estimate of drug-likeness (QED) is 0.415. The number of rotatable bonds is 9. The molecule has 1 nitrogen and oxygen atoms in total. The van der Waals surface area contributed by atoms with E-state index in [1.807, 2.05) is 0 Å². The van der Waals surface area contributed by atoms with E-state index in [4.69, 9.17) is 0 Å². The average Bonchev–Trinajstić information content (AvgIpc) is 2.24. The van der Waals surface area contributed by atoms with E-state index in [-0.39, 0.29) is 0 Å². The van der Waals surface area contributed by atoms with Crippen molar-refractivity contribution in [3.05, 3.63) is 0 Å². The number of unbranched alkanes of at least 4 members (excludes halogenated alkanes) is 1. The molecule has 0 heterocycles. The maximum Gasteiger partial charge on any atom is 0.132 e. The van der Waals surface area contributed by atoms with Crippen LogP contribution >= 0.6 is 0 Å². The van der Waals surface area contributed by atoms with Gasteiger partial charge in [-0.1, -0.05) is 51.9 Å². The molecule has 0 aliphatic heterocycles. The summed E-state index contributed by atoms with van der Waals surface area (Å²) in [6.07, 6.45) is 5.03. The van der Waals surface area contributed by atoms with E-state index < -0.39 is 8.07 Å². The van der Waals surface area contributed by atoms with Crippen molar-refractivity contribution in [3.63, 3.8) is 0 Å². The van der Waals surface area contributed by atoms with Gasteiger partial charge in [-0.15, -0.1) is 0 Å². The summed E-state index contributed by atoms with van der Waals surface area (Å²) in [5, 5.41) is 0. The number of carbonyl (C=O) groups excluding carboxylic acids is 1. The molecule has 0 fully saturated rings. The molecule has 0 N–H and O–H groups in total. The van der Waals surface area contributed by atoms with Crippen LogP contribution in [0.3, 0.4) is 0 Å². The summed E-state index contributed by atoms with van der Waals surface area (Å²) in [4.78, 5) is 11.3. The zero-order valence-electron chi connectivity index (χ0n) is 11.1. The van der Waals surface area contributed by atoms with Crippen LogP contribution in [-0.4, -0.2) is 13.9 Å². The summed E-state index contributed by atoms with van der Waals surface area (Å²) >= 11 is 0. The van der Waals surface area contributed by atoms with Crippen LogP contribution in [0.25, 0.3) is 0 Å². The van der Waals surface area contributed by atoms with E-state index in [2.05, 4.69) is 27.3 Å². The van der Waals surface area contributed by atoms with Crippen molar-refractivity contribution < 1.29 is 4.79 Å². The molecule has 0 saturated carbocycles. The van der Waals surface area contributed by atoms with E-state index in [0.717, 1.165) is 25.7 Å². The lowest BCUT2D eigenvalue weighted by Gasteiger charge is -2.23. The van der Waals surface area contributed by atoms with E-state index in [1.54, 1.807) is 0 Å². The first kappa shape index (κ1) is 14.9. The molecular weight excluding hydrogens is 200 g/mol. The highest BCUT2D eigenvalue weighted by Crippen LogP contribution is 2.23. The molecule has 0 amide bonds. The lowest BCUT2D eigenvalue weighted by Crippen LogP contribution is -2.27. The Hall–Kier alpha value is -0.113. The third-order valence-corrected chi connectivity index (χ3v) is 8.70. The molecule has 0 rings (SSSR count). The van der Waals surface area contributed by atoms with E-state index in [0.29, 0.717) is 5.78 Å². The maximum absolute atomic E-state index is 11.3. The van der Waals surface area contributed by atoms with Crippen LogP contribution in [0.1, 0.15) is 52.9 Å². The zero-order chi connectivity index (χ0) is 11.7. The molecule has 2 heteroatoms. The van der Waals surface area contributed by atoms with E-state index in [9.17, 15) is 4.79 Å². The molecule has 0 aliphatic rings. The highest BCUT2D eigenvalue weighted by Gasteiger charge is 2.21. The number of hydrogen-bond acceptors (Lipinski definition) is 1. The lowest BCUT2D eigenvalue weighted by atomic mass is 10.1. The summed E-state index contributed by atoms with van der Waals surface area (Å²) in [5.74, 6) is 0.467. The van der Waals surface area contributed by atoms with Crippen molar-refractivity contribution in [2.75, 3.05) is 0 Å². The van der Waals surface area contributed by atoms with Crippen LogP contribution in [0, 0.1) is 0 Å². The summed E-state index contributed by atoms with van der Waals surface area (Å²) in [6.45, 7) is 9.24. The zero-order valence-corrected chi connectivity index (χ0v) is 12.1. The highest BCUT2D eigenvalue weighted by molar-refractivity contribution is 6.78. The fourth-order valence-corrected chi connectivity index (χ4v) is 4.19. The normalized spacial score (nSPS) is 11.7. The van der Waals surface area contributed by atoms with Crippen LogP contribution in [0.2, 0.25) is 24.7 Å². The average molecular weight is 228 g/mol. The third kappa shape index (κ3) is 6.88. The van der Waals surface area contributed by atoms with Gasteiger partial charge >= 0.3 is 0 Å². The minimum absolute atomic E-state index is 0.467. The minimum Gasteiger partial charge on any atom is -0.300 e. The predicted molar refractivity (Wildman–Crippen MR) is 71.2 cm³/mol. The van der Waals surface area contributed by atoms with Crippen molar-refractivity contribution >= 4 is 13.9 Å².